The Morgan fingerprint density at radius 3 is 1.29 bits per heavy atom. The van der Waals surface area contributed by atoms with Crippen molar-refractivity contribution in [1.29, 1.82) is 5.41 Å². The fourth-order valence-corrected chi connectivity index (χ4v) is 8.44. The van der Waals surface area contributed by atoms with Gasteiger partial charge in [-0.3, -0.25) is 5.41 Å². The zero-order valence-electron chi connectivity index (χ0n) is 34.3. The van der Waals surface area contributed by atoms with E-state index in [1.807, 2.05) is 60.7 Å². The molecule has 0 aliphatic carbocycles. The number of aromatic nitrogens is 2. The third kappa shape index (κ3) is 7.22. The molecule has 0 radical (unpaired) electrons. The Balaban J connectivity index is 0.000000227. The Labute approximate surface area is 360 Å². The molecule has 3 N–H and O–H groups in total. The molecule has 0 unspecified atom stereocenters. The highest BCUT2D eigenvalue weighted by molar-refractivity contribution is 6.13. The zero-order valence-corrected chi connectivity index (χ0v) is 34.3. The van der Waals surface area contributed by atoms with Crippen molar-refractivity contribution in [2.75, 3.05) is 0 Å². The summed E-state index contributed by atoms with van der Waals surface area (Å²) in [6.07, 6.45) is 0. The topological polar surface area (TPSA) is 72.1 Å². The van der Waals surface area contributed by atoms with Gasteiger partial charge >= 0.3 is 0 Å². The first-order valence-electron chi connectivity index (χ1n) is 20.8. The van der Waals surface area contributed by atoms with E-state index in [1.54, 1.807) is 0 Å². The summed E-state index contributed by atoms with van der Waals surface area (Å²) in [7, 11) is 0. The maximum absolute atomic E-state index is 7.84. The molecule has 11 rings (SSSR count). The van der Waals surface area contributed by atoms with Crippen LogP contribution in [0.4, 0.5) is 0 Å². The standard InChI is InChI=1S/C43H30N2.C14H13N3/c1-29-15-17-30(18-16-29)31-19-23-35(24-20-31)45-41-14-8-6-12-37(41)39-28-33(22-26-43(39)45)32-21-25-42-38(27-32)36-11-5-7-13-40(36)44(42)34-9-3-2-4-10-34;15-13(11-7-3-1-4-8-11)17-14(16)12-9-5-2-6-10-12/h2-28H,1H3;1-10H,(H3,15,16,17). The average molecular weight is 798 g/mol. The van der Waals surface area contributed by atoms with Gasteiger partial charge in [0, 0.05) is 44.0 Å². The Morgan fingerprint density at radius 1 is 0.387 bits per heavy atom. The minimum absolute atomic E-state index is 0.173. The van der Waals surface area contributed by atoms with Crippen LogP contribution in [0.25, 0.3) is 77.2 Å². The van der Waals surface area contributed by atoms with Gasteiger partial charge in [-0.1, -0.05) is 169 Å². The van der Waals surface area contributed by atoms with Crippen molar-refractivity contribution >= 4 is 55.3 Å². The monoisotopic (exact) mass is 797 g/mol. The van der Waals surface area contributed by atoms with Crippen LogP contribution in [-0.4, -0.2) is 20.8 Å². The molecule has 0 aliphatic rings. The molecule has 0 saturated heterocycles. The average Bonchev–Trinajstić information content (AvgIpc) is 3.85. The van der Waals surface area contributed by atoms with Crippen molar-refractivity contribution in [3.63, 3.8) is 0 Å². The first-order valence-corrected chi connectivity index (χ1v) is 20.8. The van der Waals surface area contributed by atoms with Crippen LogP contribution < -0.4 is 5.73 Å². The number of nitrogens with two attached hydrogens (primary N) is 1. The second-order valence-corrected chi connectivity index (χ2v) is 15.5. The molecule has 5 nitrogen and oxygen atoms in total. The number of aryl methyl sites for hydroxylation is 1. The molecule has 2 heterocycles. The Hall–Kier alpha value is -8.28. The van der Waals surface area contributed by atoms with Crippen LogP contribution in [0.3, 0.4) is 0 Å². The molecule has 0 amide bonds. The fraction of sp³-hybridized carbons (Fsp3) is 0.0175. The van der Waals surface area contributed by atoms with Crippen molar-refractivity contribution in [3.8, 4) is 33.6 Å². The molecule has 2 aromatic heterocycles. The number of hydrogen-bond acceptors (Lipinski definition) is 1. The molecule has 0 aliphatic heterocycles. The molecule has 0 fully saturated rings. The summed E-state index contributed by atoms with van der Waals surface area (Å²) < 4.78 is 4.76. The molecule has 296 valence electrons. The number of fused-ring (bicyclic) bond motifs is 6. The van der Waals surface area contributed by atoms with E-state index in [4.69, 9.17) is 11.1 Å². The predicted molar refractivity (Wildman–Crippen MR) is 261 cm³/mol. The maximum Gasteiger partial charge on any atom is 0.154 e. The smallest absolute Gasteiger partial charge is 0.154 e. The number of rotatable bonds is 6. The normalized spacial score (nSPS) is 11.5. The van der Waals surface area contributed by atoms with E-state index < -0.39 is 0 Å². The minimum atomic E-state index is 0.173. The van der Waals surface area contributed by atoms with Crippen LogP contribution in [-0.2, 0) is 0 Å². The first-order chi connectivity index (χ1) is 30.5. The van der Waals surface area contributed by atoms with Gasteiger partial charge in [0.2, 0.25) is 0 Å². The van der Waals surface area contributed by atoms with Crippen molar-refractivity contribution in [3.05, 3.63) is 241 Å². The van der Waals surface area contributed by atoms with E-state index in [2.05, 4.69) is 185 Å². The van der Waals surface area contributed by atoms with E-state index in [1.165, 1.54) is 82.8 Å². The van der Waals surface area contributed by atoms with Gasteiger partial charge in [-0.15, -0.1) is 0 Å². The van der Waals surface area contributed by atoms with Crippen LogP contribution in [0.2, 0.25) is 0 Å². The van der Waals surface area contributed by atoms with Gasteiger partial charge in [0.1, 0.15) is 5.84 Å². The number of amidine groups is 2. The van der Waals surface area contributed by atoms with E-state index in [0.717, 1.165) is 11.1 Å². The number of nitrogens with zero attached hydrogens (tertiary/aromatic N) is 3. The lowest BCUT2D eigenvalue weighted by molar-refractivity contribution is 1.18. The quantitative estimate of drug-likeness (QED) is 0.128. The zero-order chi connectivity index (χ0) is 42.0. The molecule has 0 saturated carbocycles. The summed E-state index contributed by atoms with van der Waals surface area (Å²) in [5, 5.41) is 12.9. The summed E-state index contributed by atoms with van der Waals surface area (Å²) in [5.41, 5.74) is 20.8. The largest absolute Gasteiger partial charge is 0.383 e. The van der Waals surface area contributed by atoms with E-state index in [9.17, 15) is 0 Å². The molecule has 0 atom stereocenters. The van der Waals surface area contributed by atoms with Crippen molar-refractivity contribution in [2.24, 2.45) is 10.7 Å². The summed E-state index contributed by atoms with van der Waals surface area (Å²) in [6.45, 7) is 2.13. The van der Waals surface area contributed by atoms with Gasteiger partial charge < -0.3 is 14.9 Å². The lowest BCUT2D eigenvalue weighted by atomic mass is 10.0. The first kappa shape index (κ1) is 38.0. The number of nitrogens with one attached hydrogen (secondary N) is 1. The highest BCUT2D eigenvalue weighted by Crippen LogP contribution is 2.38. The van der Waals surface area contributed by atoms with Gasteiger partial charge in [0.25, 0.3) is 0 Å². The Bertz CT molecular complexity index is 3400. The predicted octanol–water partition coefficient (Wildman–Crippen LogP) is 13.9. The molecule has 0 bridgehead atoms. The lowest BCUT2D eigenvalue weighted by Crippen LogP contribution is -2.15. The van der Waals surface area contributed by atoms with Crippen molar-refractivity contribution in [2.45, 2.75) is 6.92 Å². The van der Waals surface area contributed by atoms with E-state index >= 15 is 0 Å². The summed E-state index contributed by atoms with van der Waals surface area (Å²) >= 11 is 0. The SMILES string of the molecule is Cc1ccc(-c2ccc(-n3c4ccccc4c4cc(-c5ccc6c(c5)c5ccccc5n6-c5ccccc5)ccc43)cc2)cc1.N=C(N=C(N)c1ccccc1)c1ccccc1. The second-order valence-electron chi connectivity index (χ2n) is 15.5. The molecular formula is C57H43N5. The summed E-state index contributed by atoms with van der Waals surface area (Å²) in [5.74, 6) is 0.534. The van der Waals surface area contributed by atoms with E-state index in [-0.39, 0.29) is 5.84 Å². The van der Waals surface area contributed by atoms with Crippen molar-refractivity contribution < 1.29 is 0 Å². The fourth-order valence-electron chi connectivity index (χ4n) is 8.44. The van der Waals surface area contributed by atoms with Crippen LogP contribution in [0.15, 0.2) is 229 Å². The summed E-state index contributed by atoms with van der Waals surface area (Å²) in [6, 6.07) is 78.4. The van der Waals surface area contributed by atoms with Gasteiger partial charge in [-0.05, 0) is 89.8 Å². The molecule has 0 spiro atoms. The minimum Gasteiger partial charge on any atom is -0.383 e. The van der Waals surface area contributed by atoms with Gasteiger partial charge in [-0.25, -0.2) is 4.99 Å². The Morgan fingerprint density at radius 2 is 0.774 bits per heavy atom. The molecular weight excluding hydrogens is 755 g/mol. The number of hydrogen-bond donors (Lipinski definition) is 2. The highest BCUT2D eigenvalue weighted by atomic mass is 15.0. The summed E-state index contributed by atoms with van der Waals surface area (Å²) in [4.78, 5) is 4.10. The van der Waals surface area contributed by atoms with Crippen LogP contribution in [0.1, 0.15) is 16.7 Å². The molecule has 9 aromatic carbocycles. The molecule has 5 heteroatoms. The van der Waals surface area contributed by atoms with Crippen LogP contribution in [0, 0.1) is 12.3 Å². The number of benzene rings is 9. The molecule has 11 aromatic rings. The van der Waals surface area contributed by atoms with Gasteiger partial charge in [0.15, 0.2) is 5.84 Å². The van der Waals surface area contributed by atoms with E-state index in [0.29, 0.717) is 5.84 Å². The van der Waals surface area contributed by atoms with Gasteiger partial charge in [-0.2, -0.15) is 0 Å². The maximum atomic E-state index is 7.84. The third-order valence-corrected chi connectivity index (χ3v) is 11.6. The number of para-hydroxylation sites is 3. The van der Waals surface area contributed by atoms with Gasteiger partial charge in [0.05, 0.1) is 22.1 Å². The molecule has 62 heavy (non-hydrogen) atoms. The second kappa shape index (κ2) is 16.4. The van der Waals surface area contributed by atoms with Crippen LogP contribution in [0.5, 0.6) is 0 Å². The van der Waals surface area contributed by atoms with Crippen LogP contribution >= 0.6 is 0 Å². The third-order valence-electron chi connectivity index (χ3n) is 11.6. The van der Waals surface area contributed by atoms with Crippen molar-refractivity contribution in [1.82, 2.24) is 9.13 Å². The Kier molecular flexibility index (Phi) is 10.0. The highest BCUT2D eigenvalue weighted by Gasteiger charge is 2.16. The lowest BCUT2D eigenvalue weighted by Gasteiger charge is -2.10. The number of aliphatic imine (C=N–C) groups is 1.